The molecular formula is C25H22FN3OS. The van der Waals surface area contributed by atoms with E-state index in [2.05, 4.69) is 0 Å². The fourth-order valence-electron chi connectivity index (χ4n) is 4.10. The zero-order chi connectivity index (χ0) is 21.4. The lowest BCUT2D eigenvalue weighted by Gasteiger charge is -2.36. The molecule has 4 nitrogen and oxygen atoms in total. The van der Waals surface area contributed by atoms with Crippen molar-refractivity contribution < 1.29 is 9.18 Å². The molecule has 0 atom stereocenters. The van der Waals surface area contributed by atoms with Crippen LogP contribution in [0.5, 0.6) is 0 Å². The number of benzene rings is 2. The molecule has 0 spiro atoms. The highest BCUT2D eigenvalue weighted by atomic mass is 32.1. The van der Waals surface area contributed by atoms with Gasteiger partial charge in [-0.1, -0.05) is 23.8 Å². The van der Waals surface area contributed by atoms with Gasteiger partial charge in [0.15, 0.2) is 0 Å². The van der Waals surface area contributed by atoms with Crippen molar-refractivity contribution in [2.75, 3.05) is 31.1 Å². The van der Waals surface area contributed by atoms with Crippen molar-refractivity contribution in [2.45, 2.75) is 6.92 Å². The summed E-state index contributed by atoms with van der Waals surface area (Å²) in [5.41, 5.74) is 5.02. The van der Waals surface area contributed by atoms with Gasteiger partial charge in [-0.15, -0.1) is 0 Å². The van der Waals surface area contributed by atoms with Crippen molar-refractivity contribution in [1.29, 1.82) is 0 Å². The number of hydrogen-bond donors (Lipinski definition) is 0. The summed E-state index contributed by atoms with van der Waals surface area (Å²) >= 11 is 1.61. The van der Waals surface area contributed by atoms with Crippen LogP contribution in [0, 0.1) is 12.7 Å². The predicted octanol–water partition coefficient (Wildman–Crippen LogP) is 5.37. The molecule has 1 saturated heterocycles. The van der Waals surface area contributed by atoms with Crippen LogP contribution in [-0.4, -0.2) is 42.0 Å². The molecule has 0 bridgehead atoms. The minimum Gasteiger partial charge on any atom is -0.366 e. The van der Waals surface area contributed by atoms with Gasteiger partial charge in [0, 0.05) is 42.5 Å². The zero-order valence-corrected chi connectivity index (χ0v) is 18.0. The van der Waals surface area contributed by atoms with Crippen molar-refractivity contribution >= 4 is 33.8 Å². The van der Waals surface area contributed by atoms with Crippen LogP contribution in [0.25, 0.3) is 22.2 Å². The van der Waals surface area contributed by atoms with Gasteiger partial charge in [-0.3, -0.25) is 4.79 Å². The fraction of sp³-hybridized carbons (Fsp3) is 0.200. The number of rotatable bonds is 3. The van der Waals surface area contributed by atoms with Gasteiger partial charge in [0.2, 0.25) is 0 Å². The van der Waals surface area contributed by atoms with Crippen LogP contribution in [0.15, 0.2) is 65.4 Å². The summed E-state index contributed by atoms with van der Waals surface area (Å²) in [4.78, 5) is 22.2. The molecule has 0 radical (unpaired) electrons. The number of carbonyl (C=O) groups is 1. The van der Waals surface area contributed by atoms with Crippen LogP contribution in [-0.2, 0) is 0 Å². The number of hydrogen-bond acceptors (Lipinski definition) is 4. The van der Waals surface area contributed by atoms with E-state index in [0.717, 1.165) is 27.7 Å². The number of piperazine rings is 1. The maximum absolute atomic E-state index is 14.2. The van der Waals surface area contributed by atoms with Crippen LogP contribution in [0.3, 0.4) is 0 Å². The number of halogens is 1. The molecule has 0 saturated carbocycles. The van der Waals surface area contributed by atoms with Crippen molar-refractivity contribution in [1.82, 2.24) is 9.88 Å². The van der Waals surface area contributed by atoms with Crippen molar-refractivity contribution in [3.05, 3.63) is 82.3 Å². The summed E-state index contributed by atoms with van der Waals surface area (Å²) in [7, 11) is 0. The number of carbonyl (C=O) groups excluding carboxylic acids is 1. The fourth-order valence-corrected chi connectivity index (χ4v) is 4.75. The van der Waals surface area contributed by atoms with Gasteiger partial charge in [-0.05, 0) is 48.7 Å². The molecule has 1 fully saturated rings. The van der Waals surface area contributed by atoms with E-state index in [1.54, 1.807) is 23.5 Å². The number of pyridine rings is 1. The van der Waals surface area contributed by atoms with Gasteiger partial charge in [0.05, 0.1) is 22.5 Å². The Kier molecular flexibility index (Phi) is 5.16. The molecule has 1 aliphatic rings. The third-order valence-electron chi connectivity index (χ3n) is 5.77. The van der Waals surface area contributed by atoms with Crippen LogP contribution >= 0.6 is 11.3 Å². The van der Waals surface area contributed by atoms with Crippen molar-refractivity contribution in [2.24, 2.45) is 0 Å². The standard InChI is InChI=1S/C25H22FN3OS/c1-17-6-7-22-19(14-17)20(15-23(27-22)18-8-13-31-16-18)25(30)29-11-9-28(10-12-29)24-5-3-2-4-21(24)26/h2-8,13-16H,9-12H2,1H3. The lowest BCUT2D eigenvalue weighted by Crippen LogP contribution is -2.49. The van der Waals surface area contributed by atoms with E-state index in [4.69, 9.17) is 4.98 Å². The Morgan fingerprint density at radius 3 is 2.58 bits per heavy atom. The monoisotopic (exact) mass is 431 g/mol. The quantitative estimate of drug-likeness (QED) is 0.437. The average Bonchev–Trinajstić information content (AvgIpc) is 3.33. The maximum Gasteiger partial charge on any atom is 0.254 e. The highest BCUT2D eigenvalue weighted by Gasteiger charge is 2.25. The number of amides is 1. The normalized spacial score (nSPS) is 14.3. The van der Waals surface area contributed by atoms with Gasteiger partial charge < -0.3 is 9.80 Å². The van der Waals surface area contributed by atoms with Gasteiger partial charge in [0.25, 0.3) is 5.91 Å². The second kappa shape index (κ2) is 8.12. The Labute approximate surface area is 184 Å². The molecule has 31 heavy (non-hydrogen) atoms. The lowest BCUT2D eigenvalue weighted by atomic mass is 10.0. The molecule has 1 aliphatic heterocycles. The molecule has 0 N–H and O–H groups in total. The van der Waals surface area contributed by atoms with Crippen LogP contribution < -0.4 is 4.90 Å². The molecule has 0 unspecified atom stereocenters. The summed E-state index contributed by atoms with van der Waals surface area (Å²) in [6.07, 6.45) is 0. The molecule has 2 aromatic carbocycles. The van der Waals surface area contributed by atoms with E-state index in [9.17, 15) is 9.18 Å². The Bertz CT molecular complexity index is 1250. The van der Waals surface area contributed by atoms with Gasteiger partial charge in [-0.2, -0.15) is 11.3 Å². The average molecular weight is 432 g/mol. The summed E-state index contributed by atoms with van der Waals surface area (Å²) in [6.45, 7) is 4.33. The third kappa shape index (κ3) is 3.79. The topological polar surface area (TPSA) is 36.4 Å². The highest BCUT2D eigenvalue weighted by Crippen LogP contribution is 2.28. The first-order chi connectivity index (χ1) is 15.1. The molecule has 0 aliphatic carbocycles. The van der Waals surface area contributed by atoms with Crippen LogP contribution in [0.2, 0.25) is 0 Å². The van der Waals surface area contributed by atoms with Crippen molar-refractivity contribution in [3.8, 4) is 11.3 Å². The number of fused-ring (bicyclic) bond motifs is 1. The molecule has 156 valence electrons. The number of anilines is 1. The Morgan fingerprint density at radius 1 is 1.03 bits per heavy atom. The number of thiophene rings is 1. The third-order valence-corrected chi connectivity index (χ3v) is 6.45. The Morgan fingerprint density at radius 2 is 1.84 bits per heavy atom. The maximum atomic E-state index is 14.2. The minimum absolute atomic E-state index is 0.00247. The van der Waals surface area contributed by atoms with E-state index < -0.39 is 0 Å². The zero-order valence-electron chi connectivity index (χ0n) is 17.2. The number of para-hydroxylation sites is 1. The van der Waals surface area contributed by atoms with Crippen molar-refractivity contribution in [3.63, 3.8) is 0 Å². The van der Waals surface area contributed by atoms with Gasteiger partial charge in [0.1, 0.15) is 5.82 Å². The summed E-state index contributed by atoms with van der Waals surface area (Å²) in [5.74, 6) is -0.221. The Hall–Kier alpha value is -3.25. The molecule has 6 heteroatoms. The highest BCUT2D eigenvalue weighted by molar-refractivity contribution is 7.08. The van der Waals surface area contributed by atoms with Crippen LogP contribution in [0.4, 0.5) is 10.1 Å². The second-order valence-electron chi connectivity index (χ2n) is 7.82. The molecular weight excluding hydrogens is 409 g/mol. The van der Waals surface area contributed by atoms with E-state index in [1.165, 1.54) is 6.07 Å². The number of aryl methyl sites for hydroxylation is 1. The van der Waals surface area contributed by atoms with Crippen LogP contribution in [0.1, 0.15) is 15.9 Å². The molecule has 3 heterocycles. The largest absolute Gasteiger partial charge is 0.366 e. The summed E-state index contributed by atoms with van der Waals surface area (Å²) < 4.78 is 14.2. The van der Waals surface area contributed by atoms with Gasteiger partial charge in [-0.25, -0.2) is 9.37 Å². The summed E-state index contributed by atoms with van der Waals surface area (Å²) in [6, 6.07) is 16.8. The first kappa shape index (κ1) is 19.7. The first-order valence-corrected chi connectivity index (χ1v) is 11.3. The second-order valence-corrected chi connectivity index (χ2v) is 8.60. The Balaban J connectivity index is 1.46. The smallest absolute Gasteiger partial charge is 0.254 e. The molecule has 5 rings (SSSR count). The minimum atomic E-state index is -0.224. The molecule has 1 amide bonds. The van der Waals surface area contributed by atoms with E-state index >= 15 is 0 Å². The van der Waals surface area contributed by atoms with E-state index in [0.29, 0.717) is 37.4 Å². The number of aromatic nitrogens is 1. The molecule has 4 aromatic rings. The summed E-state index contributed by atoms with van der Waals surface area (Å²) in [5, 5.41) is 4.93. The van der Waals surface area contributed by atoms with Gasteiger partial charge >= 0.3 is 0 Å². The SMILES string of the molecule is Cc1ccc2nc(-c3ccsc3)cc(C(=O)N3CCN(c4ccccc4F)CC3)c2c1. The first-order valence-electron chi connectivity index (χ1n) is 10.3. The predicted molar refractivity (Wildman–Crippen MR) is 124 cm³/mol. The molecule has 2 aromatic heterocycles. The van der Waals surface area contributed by atoms with E-state index in [-0.39, 0.29) is 11.7 Å². The lowest BCUT2D eigenvalue weighted by molar-refractivity contribution is 0.0748. The number of nitrogens with zero attached hydrogens (tertiary/aromatic N) is 3. The van der Waals surface area contributed by atoms with E-state index in [1.807, 2.05) is 63.9 Å².